The van der Waals surface area contributed by atoms with Gasteiger partial charge in [-0.3, -0.25) is 4.90 Å². The molecule has 4 atom stereocenters. The summed E-state index contributed by atoms with van der Waals surface area (Å²) in [5, 5.41) is 30.1. The smallest absolute Gasteiger partial charge is 0.0916 e. The molecule has 4 heteroatoms. The maximum Gasteiger partial charge on any atom is 0.0916 e. The van der Waals surface area contributed by atoms with Gasteiger partial charge >= 0.3 is 0 Å². The van der Waals surface area contributed by atoms with Gasteiger partial charge in [-0.05, 0) is 49.7 Å². The highest BCUT2D eigenvalue weighted by molar-refractivity contribution is 5.27. The second-order valence-electron chi connectivity index (χ2n) is 7.56. The molecule has 1 aliphatic carbocycles. The van der Waals surface area contributed by atoms with Crippen molar-refractivity contribution in [3.63, 3.8) is 0 Å². The molecule has 0 spiro atoms. The number of hydrogen-bond acceptors (Lipinski definition) is 4. The van der Waals surface area contributed by atoms with Gasteiger partial charge in [0.1, 0.15) is 0 Å². The predicted molar refractivity (Wildman–Crippen MR) is 85.3 cm³/mol. The monoisotopic (exact) mass is 305 g/mol. The van der Waals surface area contributed by atoms with Crippen molar-refractivity contribution in [2.24, 2.45) is 11.8 Å². The van der Waals surface area contributed by atoms with Gasteiger partial charge in [0.25, 0.3) is 0 Å². The molecule has 2 aliphatic rings. The number of benzene rings is 1. The molecule has 1 saturated carbocycles. The van der Waals surface area contributed by atoms with Gasteiger partial charge < -0.3 is 15.3 Å². The standard InChI is InChI=1S/C18H27NO3/c1-18(2,22)15-5-3-12(4-6-15)17(21)11-19-9-13-7-16(20)8-14(13)10-19/h3-6,13-14,16-17,20-22H,7-11H2,1-2H3/t13-,14+,16?,17?. The van der Waals surface area contributed by atoms with Crippen molar-refractivity contribution in [1.29, 1.82) is 0 Å². The van der Waals surface area contributed by atoms with E-state index in [1.54, 1.807) is 13.8 Å². The molecule has 2 fully saturated rings. The van der Waals surface area contributed by atoms with E-state index < -0.39 is 11.7 Å². The molecule has 1 aromatic carbocycles. The molecule has 3 N–H and O–H groups in total. The molecule has 1 aromatic rings. The van der Waals surface area contributed by atoms with Gasteiger partial charge in [0, 0.05) is 19.6 Å². The lowest BCUT2D eigenvalue weighted by Gasteiger charge is -2.23. The van der Waals surface area contributed by atoms with Crippen molar-refractivity contribution >= 4 is 0 Å². The molecule has 0 radical (unpaired) electrons. The first-order valence-corrected chi connectivity index (χ1v) is 8.24. The average Bonchev–Trinajstić information content (AvgIpc) is 2.94. The van der Waals surface area contributed by atoms with Crippen LogP contribution in [0.1, 0.15) is 43.9 Å². The number of likely N-dealkylation sites (tertiary alicyclic amines) is 1. The number of aliphatic hydroxyl groups is 3. The van der Waals surface area contributed by atoms with Gasteiger partial charge in [0.15, 0.2) is 0 Å². The normalized spacial score (nSPS) is 30.5. The third kappa shape index (κ3) is 3.35. The summed E-state index contributed by atoms with van der Waals surface area (Å²) in [6.07, 6.45) is 1.21. The Morgan fingerprint density at radius 1 is 1.14 bits per heavy atom. The minimum Gasteiger partial charge on any atom is -0.393 e. The summed E-state index contributed by atoms with van der Waals surface area (Å²) < 4.78 is 0. The van der Waals surface area contributed by atoms with Crippen LogP contribution in [0.5, 0.6) is 0 Å². The van der Waals surface area contributed by atoms with E-state index in [1.165, 1.54) is 0 Å². The van der Waals surface area contributed by atoms with E-state index in [2.05, 4.69) is 4.90 Å². The topological polar surface area (TPSA) is 63.9 Å². The van der Waals surface area contributed by atoms with Crippen LogP contribution >= 0.6 is 0 Å². The van der Waals surface area contributed by atoms with Crippen LogP contribution in [0.2, 0.25) is 0 Å². The van der Waals surface area contributed by atoms with Gasteiger partial charge in [-0.25, -0.2) is 0 Å². The van der Waals surface area contributed by atoms with Crippen molar-refractivity contribution in [2.45, 2.75) is 44.5 Å². The molecular weight excluding hydrogens is 278 g/mol. The number of nitrogens with zero attached hydrogens (tertiary/aromatic N) is 1. The zero-order valence-electron chi connectivity index (χ0n) is 13.4. The van der Waals surface area contributed by atoms with Crippen LogP contribution in [0.3, 0.4) is 0 Å². The Balaban J connectivity index is 1.58. The van der Waals surface area contributed by atoms with E-state index in [0.717, 1.165) is 37.1 Å². The maximum atomic E-state index is 10.4. The fourth-order valence-electron chi connectivity index (χ4n) is 3.98. The molecule has 4 nitrogen and oxygen atoms in total. The Kier molecular flexibility index (Phi) is 4.29. The van der Waals surface area contributed by atoms with E-state index in [1.807, 2.05) is 24.3 Å². The van der Waals surface area contributed by atoms with E-state index in [-0.39, 0.29) is 6.10 Å². The Morgan fingerprint density at radius 3 is 2.18 bits per heavy atom. The minimum absolute atomic E-state index is 0.114. The van der Waals surface area contributed by atoms with Crippen molar-refractivity contribution in [3.05, 3.63) is 35.4 Å². The first-order valence-electron chi connectivity index (χ1n) is 8.24. The van der Waals surface area contributed by atoms with Crippen molar-refractivity contribution < 1.29 is 15.3 Å². The molecule has 1 aliphatic heterocycles. The van der Waals surface area contributed by atoms with Crippen LogP contribution in [0.25, 0.3) is 0 Å². The molecule has 0 aromatic heterocycles. The van der Waals surface area contributed by atoms with Gasteiger partial charge in [-0.1, -0.05) is 24.3 Å². The lowest BCUT2D eigenvalue weighted by molar-refractivity contribution is 0.0783. The molecule has 2 unspecified atom stereocenters. The Bertz CT molecular complexity index is 494. The Hall–Kier alpha value is -0.940. The van der Waals surface area contributed by atoms with Gasteiger partial charge in [-0.15, -0.1) is 0 Å². The van der Waals surface area contributed by atoms with Crippen molar-refractivity contribution in [1.82, 2.24) is 4.90 Å². The molecule has 0 amide bonds. The maximum absolute atomic E-state index is 10.4. The van der Waals surface area contributed by atoms with E-state index in [0.29, 0.717) is 18.4 Å². The highest BCUT2D eigenvalue weighted by atomic mass is 16.3. The van der Waals surface area contributed by atoms with Gasteiger partial charge in [0.05, 0.1) is 17.8 Å². The number of β-amino-alcohol motifs (C(OH)–C–C–N with tert-alkyl or cyclic N) is 1. The summed E-state index contributed by atoms with van der Waals surface area (Å²) in [6.45, 7) is 6.14. The van der Waals surface area contributed by atoms with Gasteiger partial charge in [0.2, 0.25) is 0 Å². The van der Waals surface area contributed by atoms with Crippen LogP contribution in [0.4, 0.5) is 0 Å². The fourth-order valence-corrected chi connectivity index (χ4v) is 3.98. The summed E-state index contributed by atoms with van der Waals surface area (Å²) in [5.74, 6) is 1.19. The van der Waals surface area contributed by atoms with Crippen LogP contribution in [0, 0.1) is 11.8 Å². The van der Waals surface area contributed by atoms with Crippen molar-refractivity contribution in [3.8, 4) is 0 Å². The molecule has 1 heterocycles. The van der Waals surface area contributed by atoms with Crippen LogP contribution < -0.4 is 0 Å². The lowest BCUT2D eigenvalue weighted by Crippen LogP contribution is -2.28. The molecule has 0 bridgehead atoms. The number of aliphatic hydroxyl groups excluding tert-OH is 2. The van der Waals surface area contributed by atoms with Gasteiger partial charge in [-0.2, -0.15) is 0 Å². The van der Waals surface area contributed by atoms with Crippen LogP contribution in [-0.4, -0.2) is 46.0 Å². The number of fused-ring (bicyclic) bond motifs is 1. The second kappa shape index (κ2) is 5.93. The Morgan fingerprint density at radius 2 is 1.68 bits per heavy atom. The lowest BCUT2D eigenvalue weighted by atomic mass is 9.96. The first kappa shape index (κ1) is 15.9. The van der Waals surface area contributed by atoms with E-state index in [4.69, 9.17) is 0 Å². The molecule has 1 saturated heterocycles. The second-order valence-corrected chi connectivity index (χ2v) is 7.56. The molecular formula is C18H27NO3. The minimum atomic E-state index is -0.850. The summed E-state index contributed by atoms with van der Waals surface area (Å²) in [7, 11) is 0. The summed E-state index contributed by atoms with van der Waals surface area (Å²) in [5.41, 5.74) is 0.898. The summed E-state index contributed by atoms with van der Waals surface area (Å²) >= 11 is 0. The quantitative estimate of drug-likeness (QED) is 0.791. The predicted octanol–water partition coefficient (Wildman–Crippen LogP) is 1.65. The van der Waals surface area contributed by atoms with E-state index >= 15 is 0 Å². The highest BCUT2D eigenvalue weighted by Gasteiger charge is 2.40. The first-order chi connectivity index (χ1) is 10.3. The largest absolute Gasteiger partial charge is 0.393 e. The fraction of sp³-hybridized carbons (Fsp3) is 0.667. The SMILES string of the molecule is CC(C)(O)c1ccc(C(O)CN2C[C@H]3CC(O)C[C@H]3C2)cc1. The summed E-state index contributed by atoms with van der Waals surface area (Å²) in [4.78, 5) is 2.32. The van der Waals surface area contributed by atoms with Crippen molar-refractivity contribution in [2.75, 3.05) is 19.6 Å². The molecule has 22 heavy (non-hydrogen) atoms. The molecule has 122 valence electrons. The summed E-state index contributed by atoms with van der Waals surface area (Å²) in [6, 6.07) is 7.57. The zero-order valence-corrected chi connectivity index (χ0v) is 13.4. The Labute approximate surface area is 132 Å². The zero-order chi connectivity index (χ0) is 15.9. The average molecular weight is 305 g/mol. The third-order valence-electron chi connectivity index (χ3n) is 5.23. The highest BCUT2D eigenvalue weighted by Crippen LogP contribution is 2.38. The van der Waals surface area contributed by atoms with Crippen LogP contribution in [0.15, 0.2) is 24.3 Å². The van der Waals surface area contributed by atoms with Crippen LogP contribution in [-0.2, 0) is 5.60 Å². The number of hydrogen-bond donors (Lipinski definition) is 3. The third-order valence-corrected chi connectivity index (χ3v) is 5.23. The number of rotatable bonds is 4. The molecule has 3 rings (SSSR count). The van der Waals surface area contributed by atoms with E-state index in [9.17, 15) is 15.3 Å².